The van der Waals surface area contributed by atoms with E-state index < -0.39 is 23.5 Å². The number of aromatic nitrogens is 3. The van der Waals surface area contributed by atoms with Crippen molar-refractivity contribution in [2.75, 3.05) is 11.1 Å². The Kier molecular flexibility index (Phi) is 7.87. The van der Waals surface area contributed by atoms with Gasteiger partial charge >= 0.3 is 6.18 Å². The molecule has 2 N–H and O–H groups in total. The molecule has 0 aliphatic carbocycles. The summed E-state index contributed by atoms with van der Waals surface area (Å²) in [6.45, 7) is -0.0240. The van der Waals surface area contributed by atoms with Crippen LogP contribution in [0.4, 0.5) is 23.2 Å². The number of benzene rings is 3. The third kappa shape index (κ3) is 6.53. The number of alkyl halides is 3. The van der Waals surface area contributed by atoms with E-state index in [0.717, 1.165) is 17.8 Å². The van der Waals surface area contributed by atoms with Crippen LogP contribution in [0.15, 0.2) is 84.0 Å². The van der Waals surface area contributed by atoms with Gasteiger partial charge in [-0.1, -0.05) is 42.1 Å². The topological polar surface area (TPSA) is 88.9 Å². The number of hydrogen-bond donors (Lipinski definition) is 2. The zero-order valence-electron chi connectivity index (χ0n) is 19.0. The number of halogens is 4. The first-order valence-electron chi connectivity index (χ1n) is 10.8. The number of nitrogens with one attached hydrogen (secondary N) is 2. The molecule has 12 heteroatoms. The van der Waals surface area contributed by atoms with Crippen molar-refractivity contribution in [3.05, 3.63) is 102 Å². The average molecular weight is 530 g/mol. The lowest BCUT2D eigenvalue weighted by molar-refractivity contribution is -0.137. The van der Waals surface area contributed by atoms with Crippen molar-refractivity contribution in [2.24, 2.45) is 0 Å². The van der Waals surface area contributed by atoms with Crippen LogP contribution in [0.2, 0.25) is 0 Å². The minimum absolute atomic E-state index is 0.0240. The SMILES string of the molecule is O=C(CSc1nnc(CNC(=O)c2ccccc2)n1-c1ccc(F)cc1)Nc1ccccc1C(F)(F)F. The third-order valence-corrected chi connectivity index (χ3v) is 6.00. The van der Waals surface area contributed by atoms with Crippen molar-refractivity contribution in [2.45, 2.75) is 17.9 Å². The summed E-state index contributed by atoms with van der Waals surface area (Å²) < 4.78 is 54.7. The summed E-state index contributed by atoms with van der Waals surface area (Å²) in [4.78, 5) is 24.9. The fraction of sp³-hybridized carbons (Fsp3) is 0.120. The van der Waals surface area contributed by atoms with E-state index in [9.17, 15) is 27.2 Å². The van der Waals surface area contributed by atoms with Gasteiger partial charge < -0.3 is 10.6 Å². The minimum Gasteiger partial charge on any atom is -0.345 e. The van der Waals surface area contributed by atoms with Gasteiger partial charge in [0.2, 0.25) is 5.91 Å². The van der Waals surface area contributed by atoms with Crippen LogP contribution in [-0.2, 0) is 17.5 Å². The number of para-hydroxylation sites is 1. The molecule has 37 heavy (non-hydrogen) atoms. The molecule has 0 unspecified atom stereocenters. The van der Waals surface area contributed by atoms with E-state index in [1.807, 2.05) is 0 Å². The van der Waals surface area contributed by atoms with E-state index in [0.29, 0.717) is 17.1 Å². The number of amides is 2. The highest BCUT2D eigenvalue weighted by Gasteiger charge is 2.33. The fourth-order valence-electron chi connectivity index (χ4n) is 3.36. The average Bonchev–Trinajstić information content (AvgIpc) is 3.29. The van der Waals surface area contributed by atoms with Gasteiger partial charge in [-0.2, -0.15) is 13.2 Å². The van der Waals surface area contributed by atoms with Crippen molar-refractivity contribution in [1.82, 2.24) is 20.1 Å². The van der Waals surface area contributed by atoms with Gasteiger partial charge in [0.25, 0.3) is 5.91 Å². The van der Waals surface area contributed by atoms with E-state index in [1.54, 1.807) is 30.3 Å². The summed E-state index contributed by atoms with van der Waals surface area (Å²) in [5.41, 5.74) is -0.398. The van der Waals surface area contributed by atoms with Crippen LogP contribution in [0.3, 0.4) is 0 Å². The minimum atomic E-state index is -4.63. The summed E-state index contributed by atoms with van der Waals surface area (Å²) >= 11 is 0.928. The van der Waals surface area contributed by atoms with Crippen LogP contribution in [0.1, 0.15) is 21.7 Å². The number of hydrogen-bond acceptors (Lipinski definition) is 5. The first kappa shape index (κ1) is 25.9. The maximum absolute atomic E-state index is 13.5. The summed E-state index contributed by atoms with van der Waals surface area (Å²) in [5.74, 6) is -1.46. The van der Waals surface area contributed by atoms with Gasteiger partial charge in [-0.05, 0) is 48.5 Å². The van der Waals surface area contributed by atoms with Gasteiger partial charge in [0, 0.05) is 11.3 Å². The quantitative estimate of drug-likeness (QED) is 0.245. The molecule has 0 fully saturated rings. The number of thioether (sulfide) groups is 1. The number of anilines is 1. The largest absolute Gasteiger partial charge is 0.418 e. The van der Waals surface area contributed by atoms with Crippen LogP contribution in [0.25, 0.3) is 5.69 Å². The molecule has 0 aliphatic rings. The normalized spacial score (nSPS) is 11.2. The molecule has 0 saturated heterocycles. The third-order valence-electron chi connectivity index (χ3n) is 5.07. The van der Waals surface area contributed by atoms with Gasteiger partial charge in [-0.3, -0.25) is 14.2 Å². The van der Waals surface area contributed by atoms with E-state index >= 15 is 0 Å². The Hall–Kier alpha value is -4.19. The number of carbonyl (C=O) groups is 2. The lowest BCUT2D eigenvalue weighted by atomic mass is 10.1. The fourth-order valence-corrected chi connectivity index (χ4v) is 4.14. The Balaban J connectivity index is 1.51. The Morgan fingerprint density at radius 3 is 2.27 bits per heavy atom. The predicted molar refractivity (Wildman–Crippen MR) is 130 cm³/mol. The second kappa shape index (κ2) is 11.2. The van der Waals surface area contributed by atoms with E-state index in [1.165, 1.54) is 47.0 Å². The van der Waals surface area contributed by atoms with E-state index in [2.05, 4.69) is 20.8 Å². The van der Waals surface area contributed by atoms with Crippen LogP contribution < -0.4 is 10.6 Å². The monoisotopic (exact) mass is 529 g/mol. The van der Waals surface area contributed by atoms with Gasteiger partial charge in [-0.15, -0.1) is 10.2 Å². The van der Waals surface area contributed by atoms with Crippen molar-refractivity contribution < 1.29 is 27.2 Å². The second-order valence-corrected chi connectivity index (χ2v) is 8.58. The lowest BCUT2D eigenvalue weighted by Crippen LogP contribution is -2.24. The molecule has 0 bridgehead atoms. The molecule has 0 spiro atoms. The smallest absolute Gasteiger partial charge is 0.345 e. The molecule has 0 radical (unpaired) electrons. The molecule has 0 saturated carbocycles. The molecule has 1 heterocycles. The highest BCUT2D eigenvalue weighted by molar-refractivity contribution is 7.99. The Labute approximate surface area is 212 Å². The number of carbonyl (C=O) groups excluding carboxylic acids is 2. The van der Waals surface area contributed by atoms with Crippen molar-refractivity contribution in [3.8, 4) is 5.69 Å². The van der Waals surface area contributed by atoms with Crippen LogP contribution in [-0.4, -0.2) is 32.3 Å². The molecule has 0 aliphatic heterocycles. The molecule has 1 aromatic heterocycles. The van der Waals surface area contributed by atoms with Gasteiger partial charge in [0.1, 0.15) is 5.82 Å². The molecule has 4 aromatic rings. The standard InChI is InChI=1S/C25H19F4N5O2S/c26-17-10-12-18(13-11-17)34-21(14-30-23(36)16-6-2-1-3-7-16)32-33-24(34)37-15-22(35)31-20-9-5-4-8-19(20)25(27,28)29/h1-13H,14-15H2,(H,30,36)(H,31,35). The maximum atomic E-state index is 13.5. The molecular formula is C25H19F4N5O2S. The van der Waals surface area contributed by atoms with Gasteiger partial charge in [0.05, 0.1) is 23.5 Å². The van der Waals surface area contributed by atoms with Crippen molar-refractivity contribution in [1.29, 1.82) is 0 Å². The summed E-state index contributed by atoms with van der Waals surface area (Å²) in [6, 6.07) is 18.6. The lowest BCUT2D eigenvalue weighted by Gasteiger charge is -2.14. The Morgan fingerprint density at radius 1 is 0.892 bits per heavy atom. The van der Waals surface area contributed by atoms with Gasteiger partial charge in [-0.25, -0.2) is 4.39 Å². The summed E-state index contributed by atoms with van der Waals surface area (Å²) in [7, 11) is 0. The highest BCUT2D eigenvalue weighted by atomic mass is 32.2. The van der Waals surface area contributed by atoms with Crippen LogP contribution in [0, 0.1) is 5.82 Å². The van der Waals surface area contributed by atoms with Crippen LogP contribution in [0.5, 0.6) is 0 Å². The highest BCUT2D eigenvalue weighted by Crippen LogP contribution is 2.34. The van der Waals surface area contributed by atoms with Crippen molar-refractivity contribution in [3.63, 3.8) is 0 Å². The predicted octanol–water partition coefficient (Wildman–Crippen LogP) is 5.09. The molecule has 2 amide bonds. The van der Waals surface area contributed by atoms with Crippen molar-refractivity contribution >= 4 is 29.3 Å². The van der Waals surface area contributed by atoms with E-state index in [4.69, 9.17) is 0 Å². The number of nitrogens with zero attached hydrogens (tertiary/aromatic N) is 3. The first-order chi connectivity index (χ1) is 17.7. The number of rotatable bonds is 8. The molecule has 3 aromatic carbocycles. The molecule has 0 atom stereocenters. The first-order valence-corrected chi connectivity index (χ1v) is 11.8. The van der Waals surface area contributed by atoms with Crippen LogP contribution >= 0.6 is 11.8 Å². The Bertz CT molecular complexity index is 1390. The zero-order valence-corrected chi connectivity index (χ0v) is 19.8. The molecule has 4 rings (SSSR count). The zero-order chi connectivity index (χ0) is 26.4. The van der Waals surface area contributed by atoms with E-state index in [-0.39, 0.29) is 29.0 Å². The molecular weight excluding hydrogens is 510 g/mol. The summed E-state index contributed by atoms with van der Waals surface area (Å²) in [5, 5.41) is 13.4. The maximum Gasteiger partial charge on any atom is 0.418 e. The molecule has 190 valence electrons. The Morgan fingerprint density at radius 2 is 1.57 bits per heavy atom. The van der Waals surface area contributed by atoms with Gasteiger partial charge in [0.15, 0.2) is 11.0 Å². The second-order valence-electron chi connectivity index (χ2n) is 7.64. The molecule has 7 nitrogen and oxygen atoms in total. The summed E-state index contributed by atoms with van der Waals surface area (Å²) in [6.07, 6.45) is -4.63.